The molecule has 0 saturated heterocycles. The molecule has 0 aromatic rings. The third kappa shape index (κ3) is 5.77. The zero-order chi connectivity index (χ0) is 6.41. The lowest BCUT2D eigenvalue weighted by atomic mass is 10.3. The van der Waals surface area contributed by atoms with Crippen LogP contribution in [0.2, 0.25) is 0 Å². The standard InChI is InChI=1S/C5H9O2P/c6-4-2-1-3-5(7)8/h4H,1-3,8H2. The van der Waals surface area contributed by atoms with Gasteiger partial charge < -0.3 is 4.79 Å². The van der Waals surface area contributed by atoms with E-state index in [-0.39, 0.29) is 5.52 Å². The summed E-state index contributed by atoms with van der Waals surface area (Å²) in [5, 5.41) is 0. The molecule has 0 aliphatic carbocycles. The van der Waals surface area contributed by atoms with Crippen molar-refractivity contribution in [2.45, 2.75) is 19.3 Å². The summed E-state index contributed by atoms with van der Waals surface area (Å²) < 4.78 is 0. The van der Waals surface area contributed by atoms with Crippen LogP contribution >= 0.6 is 9.24 Å². The molecule has 0 N–H and O–H groups in total. The van der Waals surface area contributed by atoms with Crippen molar-refractivity contribution in [2.24, 2.45) is 0 Å². The van der Waals surface area contributed by atoms with Crippen LogP contribution in [0, 0.1) is 0 Å². The minimum atomic E-state index is 0.0758. The summed E-state index contributed by atoms with van der Waals surface area (Å²) in [6.45, 7) is 0. The first kappa shape index (κ1) is 7.77. The predicted molar refractivity (Wildman–Crippen MR) is 34.6 cm³/mol. The second-order valence-corrected chi connectivity index (χ2v) is 2.17. The van der Waals surface area contributed by atoms with Gasteiger partial charge in [0.15, 0.2) is 0 Å². The quantitative estimate of drug-likeness (QED) is 0.321. The van der Waals surface area contributed by atoms with Gasteiger partial charge in [0.25, 0.3) is 0 Å². The van der Waals surface area contributed by atoms with Gasteiger partial charge in [-0.3, -0.25) is 4.79 Å². The van der Waals surface area contributed by atoms with Crippen LogP contribution in [-0.4, -0.2) is 11.8 Å². The van der Waals surface area contributed by atoms with Crippen LogP contribution in [0.1, 0.15) is 19.3 Å². The Balaban J connectivity index is 2.93. The Hall–Kier alpha value is -0.230. The van der Waals surface area contributed by atoms with Crippen LogP contribution in [0.25, 0.3) is 0 Å². The molecule has 0 rings (SSSR count). The Morgan fingerprint density at radius 1 is 1.62 bits per heavy atom. The molecule has 0 aromatic heterocycles. The van der Waals surface area contributed by atoms with Gasteiger partial charge in [0.05, 0.1) is 0 Å². The molecule has 2 nitrogen and oxygen atoms in total. The Kier molecular flexibility index (Phi) is 4.78. The third-order valence-electron chi connectivity index (χ3n) is 0.745. The van der Waals surface area contributed by atoms with E-state index in [1.165, 1.54) is 0 Å². The van der Waals surface area contributed by atoms with E-state index in [9.17, 15) is 9.59 Å². The minimum absolute atomic E-state index is 0.0758. The zero-order valence-corrected chi connectivity index (χ0v) is 5.75. The van der Waals surface area contributed by atoms with E-state index in [1.54, 1.807) is 0 Å². The summed E-state index contributed by atoms with van der Waals surface area (Å²) in [7, 11) is 2.07. The van der Waals surface area contributed by atoms with Crippen molar-refractivity contribution < 1.29 is 9.59 Å². The molecule has 46 valence electrons. The van der Waals surface area contributed by atoms with Crippen molar-refractivity contribution in [2.75, 3.05) is 0 Å². The van der Waals surface area contributed by atoms with Gasteiger partial charge in [-0.25, -0.2) is 0 Å². The molecular formula is C5H9O2P. The maximum absolute atomic E-state index is 10.2. The maximum Gasteiger partial charge on any atom is 0.148 e. The average Bonchev–Trinajstić information content (AvgIpc) is 1.66. The number of hydrogen-bond donors (Lipinski definition) is 0. The first-order valence-corrected chi connectivity index (χ1v) is 3.07. The second-order valence-electron chi connectivity index (χ2n) is 1.53. The number of unbranched alkanes of at least 4 members (excludes halogenated alkanes) is 1. The normalized spacial score (nSPS) is 8.62. The molecule has 0 aliphatic heterocycles. The largest absolute Gasteiger partial charge is 0.303 e. The molecule has 0 bridgehead atoms. The number of carbonyl (C=O) groups excluding carboxylic acids is 2. The molecule has 3 heteroatoms. The molecule has 0 aromatic carbocycles. The fourth-order valence-corrected chi connectivity index (χ4v) is 0.564. The van der Waals surface area contributed by atoms with Gasteiger partial charge in [0, 0.05) is 12.8 Å². The molecular weight excluding hydrogens is 123 g/mol. The maximum atomic E-state index is 10.2. The topological polar surface area (TPSA) is 34.1 Å². The molecule has 0 fully saturated rings. The lowest BCUT2D eigenvalue weighted by Crippen LogP contribution is -1.84. The van der Waals surface area contributed by atoms with Gasteiger partial charge in [-0.1, -0.05) is 9.24 Å². The summed E-state index contributed by atoms with van der Waals surface area (Å²) in [4.78, 5) is 19.8. The van der Waals surface area contributed by atoms with Crippen LogP contribution < -0.4 is 0 Å². The summed E-state index contributed by atoms with van der Waals surface area (Å²) in [6, 6.07) is 0. The van der Waals surface area contributed by atoms with Gasteiger partial charge in [-0.15, -0.1) is 0 Å². The summed E-state index contributed by atoms with van der Waals surface area (Å²) in [5.74, 6) is 0. The van der Waals surface area contributed by atoms with Gasteiger partial charge >= 0.3 is 0 Å². The van der Waals surface area contributed by atoms with E-state index in [4.69, 9.17) is 0 Å². The summed E-state index contributed by atoms with van der Waals surface area (Å²) >= 11 is 0. The van der Waals surface area contributed by atoms with Crippen LogP contribution in [0.3, 0.4) is 0 Å². The van der Waals surface area contributed by atoms with Crippen molar-refractivity contribution in [1.82, 2.24) is 0 Å². The van der Waals surface area contributed by atoms with Crippen molar-refractivity contribution in [1.29, 1.82) is 0 Å². The van der Waals surface area contributed by atoms with Gasteiger partial charge in [0.1, 0.15) is 11.8 Å². The number of rotatable bonds is 4. The van der Waals surface area contributed by atoms with Crippen molar-refractivity contribution >= 4 is 21.1 Å². The zero-order valence-electron chi connectivity index (χ0n) is 4.59. The highest BCUT2D eigenvalue weighted by Crippen LogP contribution is 1.98. The SMILES string of the molecule is O=CCCCC(=O)P. The van der Waals surface area contributed by atoms with E-state index >= 15 is 0 Å². The van der Waals surface area contributed by atoms with Crippen LogP contribution in [0.5, 0.6) is 0 Å². The van der Waals surface area contributed by atoms with Gasteiger partial charge in [-0.2, -0.15) is 0 Å². The van der Waals surface area contributed by atoms with Crippen LogP contribution in [-0.2, 0) is 9.59 Å². The number of carbonyl (C=O) groups is 2. The van der Waals surface area contributed by atoms with E-state index in [1.807, 2.05) is 0 Å². The lowest BCUT2D eigenvalue weighted by molar-refractivity contribution is -0.111. The first-order valence-electron chi connectivity index (χ1n) is 2.49. The molecule has 0 radical (unpaired) electrons. The van der Waals surface area contributed by atoms with E-state index in [2.05, 4.69) is 9.24 Å². The van der Waals surface area contributed by atoms with Crippen molar-refractivity contribution in [3.8, 4) is 0 Å². The fraction of sp³-hybridized carbons (Fsp3) is 0.600. The molecule has 0 aliphatic rings. The second kappa shape index (κ2) is 4.92. The molecule has 8 heavy (non-hydrogen) atoms. The van der Waals surface area contributed by atoms with Crippen LogP contribution in [0.4, 0.5) is 0 Å². The molecule has 0 heterocycles. The highest BCUT2D eigenvalue weighted by atomic mass is 31.0. The molecule has 0 saturated carbocycles. The Morgan fingerprint density at radius 3 is 2.62 bits per heavy atom. The van der Waals surface area contributed by atoms with E-state index in [0.717, 1.165) is 6.29 Å². The van der Waals surface area contributed by atoms with Crippen LogP contribution in [0.15, 0.2) is 0 Å². The predicted octanol–water partition coefficient (Wildman–Crippen LogP) is 0.757. The lowest BCUT2D eigenvalue weighted by Gasteiger charge is -1.86. The van der Waals surface area contributed by atoms with Crippen molar-refractivity contribution in [3.05, 3.63) is 0 Å². The molecule has 1 atom stereocenters. The molecule has 0 amide bonds. The average molecular weight is 132 g/mol. The van der Waals surface area contributed by atoms with E-state index < -0.39 is 0 Å². The summed E-state index contributed by atoms with van der Waals surface area (Å²) in [6.07, 6.45) is 2.52. The highest BCUT2D eigenvalue weighted by molar-refractivity contribution is 7.40. The molecule has 0 spiro atoms. The Labute approximate surface area is 50.9 Å². The minimum Gasteiger partial charge on any atom is -0.303 e. The highest BCUT2D eigenvalue weighted by Gasteiger charge is 1.90. The smallest absolute Gasteiger partial charge is 0.148 e. The van der Waals surface area contributed by atoms with Gasteiger partial charge in [0.2, 0.25) is 0 Å². The monoisotopic (exact) mass is 132 g/mol. The summed E-state index contributed by atoms with van der Waals surface area (Å²) in [5.41, 5.74) is 0.0758. The first-order chi connectivity index (χ1) is 3.77. The Bertz CT molecular complexity index is 90.4. The van der Waals surface area contributed by atoms with Crippen molar-refractivity contribution in [3.63, 3.8) is 0 Å². The fourth-order valence-electron chi connectivity index (χ4n) is 0.360. The Morgan fingerprint density at radius 2 is 2.25 bits per heavy atom. The third-order valence-corrected chi connectivity index (χ3v) is 1.03. The van der Waals surface area contributed by atoms with Gasteiger partial charge in [-0.05, 0) is 6.42 Å². The van der Waals surface area contributed by atoms with E-state index in [0.29, 0.717) is 19.3 Å². The number of aldehydes is 1. The molecule has 1 unspecified atom stereocenters. The number of hydrogen-bond acceptors (Lipinski definition) is 2.